The van der Waals surface area contributed by atoms with E-state index in [-0.39, 0.29) is 17.9 Å². The van der Waals surface area contributed by atoms with E-state index < -0.39 is 5.97 Å². The largest absolute Gasteiger partial charge is 0.505 e. The van der Waals surface area contributed by atoms with Crippen molar-refractivity contribution in [3.05, 3.63) is 63.4 Å². The lowest BCUT2D eigenvalue weighted by Crippen LogP contribution is -2.04. The van der Waals surface area contributed by atoms with Gasteiger partial charge in [-0.25, -0.2) is 4.79 Å². The molecule has 31 heavy (non-hydrogen) atoms. The molecule has 2 N–H and O–H groups in total. The highest BCUT2D eigenvalue weighted by molar-refractivity contribution is 9.10. The minimum atomic E-state index is -0.492. The molecule has 4 nitrogen and oxygen atoms in total. The summed E-state index contributed by atoms with van der Waals surface area (Å²) in [5.41, 5.74) is 4.13. The molecule has 0 aliphatic heterocycles. The van der Waals surface area contributed by atoms with Crippen LogP contribution in [0.25, 0.3) is 42.0 Å². The summed E-state index contributed by atoms with van der Waals surface area (Å²) in [6.45, 7) is 3.86. The first kappa shape index (κ1) is 20.3. The van der Waals surface area contributed by atoms with Crippen molar-refractivity contribution in [1.82, 2.24) is 4.98 Å². The Bertz CT molecular complexity index is 1440. The third-order valence-electron chi connectivity index (χ3n) is 5.22. The molecule has 0 radical (unpaired) electrons. The standard InChI is InChI=1S/C24H18BrNO3S2/c1-3-29-24(28)17-12(2)30-23(21(17)27)18-19(13-8-10-14(25)11-9-13)26-20-15-6-4-5-7-16(15)31-22(18)20/h4-11,26-27H,3H2,1-2H3. The lowest BCUT2D eigenvalue weighted by atomic mass is 10.1. The van der Waals surface area contributed by atoms with Crippen LogP contribution in [0.2, 0.25) is 0 Å². The van der Waals surface area contributed by atoms with Crippen LogP contribution in [0.3, 0.4) is 0 Å². The molecule has 0 aliphatic rings. The summed E-state index contributed by atoms with van der Waals surface area (Å²) < 4.78 is 8.41. The van der Waals surface area contributed by atoms with Crippen LogP contribution in [0, 0.1) is 6.92 Å². The summed E-state index contributed by atoms with van der Waals surface area (Å²) in [5, 5.41) is 12.3. The van der Waals surface area contributed by atoms with Crippen molar-refractivity contribution < 1.29 is 14.6 Å². The van der Waals surface area contributed by atoms with E-state index in [0.717, 1.165) is 41.8 Å². The summed E-state index contributed by atoms with van der Waals surface area (Å²) in [6, 6.07) is 16.3. The number of aromatic nitrogens is 1. The van der Waals surface area contributed by atoms with Crippen LogP contribution in [-0.2, 0) is 4.74 Å². The number of H-pyrrole nitrogens is 1. The fourth-order valence-electron chi connectivity index (χ4n) is 3.84. The van der Waals surface area contributed by atoms with Gasteiger partial charge >= 0.3 is 5.97 Å². The Morgan fingerprint density at radius 3 is 2.61 bits per heavy atom. The Balaban J connectivity index is 1.83. The van der Waals surface area contributed by atoms with Gasteiger partial charge in [-0.05, 0) is 37.6 Å². The number of carbonyl (C=O) groups excluding carboxylic acids is 1. The van der Waals surface area contributed by atoms with Gasteiger partial charge in [0.05, 0.1) is 27.4 Å². The van der Waals surface area contributed by atoms with Crippen LogP contribution in [-0.4, -0.2) is 22.7 Å². The van der Waals surface area contributed by atoms with Crippen LogP contribution in [0.4, 0.5) is 0 Å². The van der Waals surface area contributed by atoms with Crippen molar-refractivity contribution in [2.24, 2.45) is 0 Å². The molecular weight excluding hydrogens is 494 g/mol. The van der Waals surface area contributed by atoms with E-state index in [2.05, 4.69) is 33.0 Å². The lowest BCUT2D eigenvalue weighted by Gasteiger charge is -2.05. The normalized spacial score (nSPS) is 11.5. The minimum Gasteiger partial charge on any atom is -0.505 e. The molecule has 5 rings (SSSR count). The van der Waals surface area contributed by atoms with Crippen molar-refractivity contribution in [3.63, 3.8) is 0 Å². The van der Waals surface area contributed by atoms with Gasteiger partial charge in [-0.3, -0.25) is 0 Å². The molecular formula is C24H18BrNO3S2. The molecule has 5 aromatic rings. The molecule has 0 atom stereocenters. The Kier molecular flexibility index (Phi) is 5.12. The average Bonchev–Trinajstić information content (AvgIpc) is 3.38. The first-order valence-corrected chi connectivity index (χ1v) is 12.2. The number of benzene rings is 2. The molecule has 2 aromatic carbocycles. The fraction of sp³-hybridized carbons (Fsp3) is 0.125. The number of aromatic amines is 1. The smallest absolute Gasteiger partial charge is 0.343 e. The molecule has 3 aromatic heterocycles. The van der Waals surface area contributed by atoms with Crippen molar-refractivity contribution >= 4 is 64.9 Å². The summed E-state index contributed by atoms with van der Waals surface area (Å²) in [7, 11) is 0. The molecule has 0 amide bonds. The maximum Gasteiger partial charge on any atom is 0.343 e. The number of hydrogen-bond donors (Lipinski definition) is 2. The van der Waals surface area contributed by atoms with Crippen LogP contribution in [0.5, 0.6) is 5.75 Å². The van der Waals surface area contributed by atoms with Gasteiger partial charge in [0.1, 0.15) is 11.3 Å². The van der Waals surface area contributed by atoms with E-state index in [9.17, 15) is 9.90 Å². The number of carbonyl (C=O) groups is 1. The number of halogens is 1. The second-order valence-corrected chi connectivity index (χ2v) is 10.3. The fourth-order valence-corrected chi connectivity index (χ4v) is 6.48. The third-order valence-corrected chi connectivity index (χ3v) is 8.05. The first-order chi connectivity index (χ1) is 15.0. The predicted molar refractivity (Wildman–Crippen MR) is 132 cm³/mol. The van der Waals surface area contributed by atoms with Crippen molar-refractivity contribution in [2.45, 2.75) is 13.8 Å². The zero-order valence-corrected chi connectivity index (χ0v) is 20.0. The van der Waals surface area contributed by atoms with Gasteiger partial charge < -0.3 is 14.8 Å². The van der Waals surface area contributed by atoms with E-state index >= 15 is 0 Å². The van der Waals surface area contributed by atoms with Gasteiger partial charge in [-0.15, -0.1) is 22.7 Å². The molecule has 0 aliphatic carbocycles. The topological polar surface area (TPSA) is 62.3 Å². The van der Waals surface area contributed by atoms with E-state index in [1.54, 1.807) is 18.3 Å². The van der Waals surface area contributed by atoms with Crippen LogP contribution < -0.4 is 0 Å². The van der Waals surface area contributed by atoms with Gasteiger partial charge in [0.15, 0.2) is 0 Å². The molecule has 156 valence electrons. The highest BCUT2D eigenvalue weighted by Gasteiger charge is 2.28. The van der Waals surface area contributed by atoms with Gasteiger partial charge in [0.2, 0.25) is 0 Å². The monoisotopic (exact) mass is 511 g/mol. The summed E-state index contributed by atoms with van der Waals surface area (Å²) in [5.74, 6) is -0.508. The number of esters is 1. The Labute approximate surface area is 195 Å². The third kappa shape index (κ3) is 3.28. The van der Waals surface area contributed by atoms with E-state index in [4.69, 9.17) is 4.74 Å². The number of ether oxygens (including phenoxy) is 1. The predicted octanol–water partition coefficient (Wildman–Crippen LogP) is 7.73. The second kappa shape index (κ2) is 7.82. The SMILES string of the molecule is CCOC(=O)c1c(C)sc(-c2c(-c3ccc(Br)cc3)[nH]c3c2sc2ccccc23)c1O. The van der Waals surface area contributed by atoms with Crippen molar-refractivity contribution in [3.8, 4) is 27.4 Å². The van der Waals surface area contributed by atoms with Gasteiger partial charge in [-0.2, -0.15) is 0 Å². The molecule has 0 saturated heterocycles. The highest BCUT2D eigenvalue weighted by atomic mass is 79.9. The van der Waals surface area contributed by atoms with Crippen LogP contribution in [0.1, 0.15) is 22.2 Å². The van der Waals surface area contributed by atoms with Gasteiger partial charge in [0, 0.05) is 25.0 Å². The van der Waals surface area contributed by atoms with E-state index in [0.29, 0.717) is 4.88 Å². The van der Waals surface area contributed by atoms with Crippen molar-refractivity contribution in [2.75, 3.05) is 6.61 Å². The molecule has 0 bridgehead atoms. The summed E-state index contributed by atoms with van der Waals surface area (Å²) in [4.78, 5) is 17.5. The minimum absolute atomic E-state index is 0.0160. The number of rotatable bonds is 4. The molecule has 0 spiro atoms. The summed E-state index contributed by atoms with van der Waals surface area (Å²) in [6.07, 6.45) is 0. The Morgan fingerprint density at radius 1 is 1.13 bits per heavy atom. The molecule has 0 unspecified atom stereocenters. The zero-order chi connectivity index (χ0) is 21.7. The van der Waals surface area contributed by atoms with Crippen molar-refractivity contribution in [1.29, 1.82) is 0 Å². The zero-order valence-electron chi connectivity index (χ0n) is 16.8. The molecule has 3 heterocycles. The average molecular weight is 512 g/mol. The van der Waals surface area contributed by atoms with E-state index in [1.807, 2.05) is 43.3 Å². The van der Waals surface area contributed by atoms with E-state index in [1.165, 1.54) is 16.0 Å². The quantitative estimate of drug-likeness (QED) is 0.242. The molecule has 0 fully saturated rings. The van der Waals surface area contributed by atoms with Crippen LogP contribution in [0.15, 0.2) is 53.0 Å². The number of hydrogen-bond acceptors (Lipinski definition) is 5. The molecule has 0 saturated carbocycles. The Morgan fingerprint density at radius 2 is 1.87 bits per heavy atom. The second-order valence-electron chi connectivity index (χ2n) is 7.12. The molecule has 7 heteroatoms. The first-order valence-electron chi connectivity index (χ1n) is 9.78. The number of thiophene rings is 2. The van der Waals surface area contributed by atoms with Gasteiger partial charge in [0.25, 0.3) is 0 Å². The summed E-state index contributed by atoms with van der Waals surface area (Å²) >= 11 is 6.60. The number of fused-ring (bicyclic) bond motifs is 3. The number of aromatic hydroxyl groups is 1. The van der Waals surface area contributed by atoms with Gasteiger partial charge in [-0.1, -0.05) is 46.3 Å². The Hall–Kier alpha value is -2.61. The maximum absolute atomic E-state index is 12.5. The number of aryl methyl sites for hydroxylation is 1. The highest BCUT2D eigenvalue weighted by Crippen LogP contribution is 2.51. The van der Waals surface area contributed by atoms with Crippen LogP contribution >= 0.6 is 38.6 Å². The maximum atomic E-state index is 12.5. The lowest BCUT2D eigenvalue weighted by molar-refractivity contribution is 0.0523. The number of nitrogens with one attached hydrogen (secondary N) is 1.